The third-order valence-electron chi connectivity index (χ3n) is 8.54. The maximum absolute atomic E-state index is 14.0. The molecule has 1 fully saturated rings. The molecule has 50 heavy (non-hydrogen) atoms. The van der Waals surface area contributed by atoms with E-state index in [0.29, 0.717) is 48.8 Å². The van der Waals surface area contributed by atoms with E-state index in [4.69, 9.17) is 18.9 Å². The smallest absolute Gasteiger partial charge is 0.415 e. The summed E-state index contributed by atoms with van der Waals surface area (Å²) >= 11 is 1.48. The summed E-state index contributed by atoms with van der Waals surface area (Å²) in [5, 5.41) is 4.34. The van der Waals surface area contributed by atoms with Crippen LogP contribution in [0.3, 0.4) is 0 Å². The van der Waals surface area contributed by atoms with Gasteiger partial charge in [0, 0.05) is 41.2 Å². The van der Waals surface area contributed by atoms with Gasteiger partial charge in [0.05, 0.1) is 43.3 Å². The second kappa shape index (κ2) is 16.6. The number of anilines is 2. The molecule has 1 amide bonds. The van der Waals surface area contributed by atoms with Crippen LogP contribution in [0.2, 0.25) is 0 Å². The van der Waals surface area contributed by atoms with Crippen molar-refractivity contribution in [3.05, 3.63) is 48.2 Å². The highest BCUT2D eigenvalue weighted by atomic mass is 32.2. The molecule has 1 saturated heterocycles. The monoisotopic (exact) mass is 716 g/mol. The number of hydrogen-bond acceptors (Lipinski definition) is 8. The summed E-state index contributed by atoms with van der Waals surface area (Å²) < 4.78 is 66.6. The van der Waals surface area contributed by atoms with Crippen molar-refractivity contribution in [1.29, 1.82) is 0 Å². The van der Waals surface area contributed by atoms with Crippen LogP contribution in [0.25, 0.3) is 10.9 Å². The molecule has 0 spiro atoms. The molecule has 5 rings (SSSR count). The number of amides is 1. The van der Waals surface area contributed by atoms with E-state index in [0.717, 1.165) is 36.5 Å². The molecule has 272 valence electrons. The third-order valence-corrected chi connectivity index (χ3v) is 9.25. The number of carbonyl (C=O) groups excluding carboxylic acids is 1. The summed E-state index contributed by atoms with van der Waals surface area (Å²) in [7, 11) is 2.10. The van der Waals surface area contributed by atoms with Crippen molar-refractivity contribution in [3.8, 4) is 17.6 Å². The van der Waals surface area contributed by atoms with E-state index in [-0.39, 0.29) is 30.8 Å². The Morgan fingerprint density at radius 3 is 2.54 bits per heavy atom. The highest BCUT2D eigenvalue weighted by Gasteiger charge is 2.31. The Morgan fingerprint density at radius 2 is 1.80 bits per heavy atom. The average molecular weight is 717 g/mol. The summed E-state index contributed by atoms with van der Waals surface area (Å²) in [6, 6.07) is 12.6. The zero-order valence-corrected chi connectivity index (χ0v) is 30.2. The highest BCUT2D eigenvalue weighted by molar-refractivity contribution is 7.98. The zero-order valence-electron chi connectivity index (χ0n) is 29.4. The van der Waals surface area contributed by atoms with Crippen LogP contribution in [-0.2, 0) is 20.8 Å². The van der Waals surface area contributed by atoms with Gasteiger partial charge in [0.2, 0.25) is 0 Å². The number of aromatic nitrogens is 1. The van der Waals surface area contributed by atoms with E-state index in [2.05, 4.69) is 29.1 Å². The van der Waals surface area contributed by atoms with E-state index in [1.165, 1.54) is 21.2 Å². The number of likely N-dealkylation sites (tertiary alicyclic amines) is 1. The molecule has 13 heteroatoms. The van der Waals surface area contributed by atoms with Gasteiger partial charge >= 0.3 is 12.3 Å². The number of benzene rings is 2. The Kier molecular flexibility index (Phi) is 12.5. The molecule has 2 unspecified atom stereocenters. The number of alkyl halides is 3. The van der Waals surface area contributed by atoms with Gasteiger partial charge in [0.15, 0.2) is 0 Å². The van der Waals surface area contributed by atoms with Crippen molar-refractivity contribution in [2.45, 2.75) is 62.9 Å². The van der Waals surface area contributed by atoms with E-state index >= 15 is 0 Å². The predicted octanol–water partition coefficient (Wildman–Crippen LogP) is 7.27. The summed E-state index contributed by atoms with van der Waals surface area (Å²) in [6.45, 7) is 7.84. The van der Waals surface area contributed by atoms with Gasteiger partial charge in [-0.3, -0.25) is 4.90 Å². The maximum atomic E-state index is 14.0. The first-order valence-corrected chi connectivity index (χ1v) is 18.1. The van der Waals surface area contributed by atoms with Gasteiger partial charge in [-0.25, -0.2) is 4.79 Å². The lowest BCUT2D eigenvalue weighted by Gasteiger charge is -2.38. The first kappa shape index (κ1) is 37.7. The number of fused-ring (bicyclic) bond motifs is 4. The molecule has 1 N–H and O–H groups in total. The molecule has 4 bridgehead atoms. The van der Waals surface area contributed by atoms with Gasteiger partial charge in [-0.15, -0.1) is 11.8 Å². The molecule has 2 aromatic carbocycles. The number of hydrogen-bond donors (Lipinski definition) is 1. The Balaban J connectivity index is 1.56. The minimum atomic E-state index is -4.48. The summed E-state index contributed by atoms with van der Waals surface area (Å²) in [5.41, 5.74) is 1.08. The molecule has 2 atom stereocenters. The standard InChI is InChI=1S/C37H47F3N4O5S/c1-36(2,3)49-35(45)43-13-7-8-27-22-31-33(9-6-10-34(31)44(27)25-37(38,39)40)41-32-11-14-42(4)24-26(32)12-15-46-16-17-47-18-19-48-29-20-28(43)21-30(23-29)50-5/h6,9-10,20-23,26,32,41H,11-19,24-25H2,1-5H3. The van der Waals surface area contributed by atoms with Crippen molar-refractivity contribution in [3.63, 3.8) is 0 Å². The van der Waals surface area contributed by atoms with Gasteiger partial charge < -0.3 is 33.7 Å². The fourth-order valence-corrected chi connectivity index (χ4v) is 6.71. The van der Waals surface area contributed by atoms with Crippen molar-refractivity contribution < 1.29 is 36.9 Å². The Morgan fingerprint density at radius 1 is 1.04 bits per heavy atom. The summed E-state index contributed by atoms with van der Waals surface area (Å²) in [4.78, 5) is 18.1. The maximum Gasteiger partial charge on any atom is 0.415 e. The summed E-state index contributed by atoms with van der Waals surface area (Å²) in [6.07, 6.45) is -1.49. The lowest BCUT2D eigenvalue weighted by Crippen LogP contribution is -2.45. The first-order chi connectivity index (χ1) is 23.8. The third kappa shape index (κ3) is 10.5. The molecule has 0 saturated carbocycles. The number of nitrogens with one attached hydrogen (secondary N) is 1. The van der Waals surface area contributed by atoms with Crippen molar-refractivity contribution in [2.75, 3.05) is 76.2 Å². The number of ether oxygens (including phenoxy) is 4. The fourth-order valence-electron chi connectivity index (χ4n) is 6.24. The Hall–Kier alpha value is -3.57. The number of halogens is 3. The minimum Gasteiger partial charge on any atom is -0.491 e. The summed E-state index contributed by atoms with van der Waals surface area (Å²) in [5.74, 6) is 6.76. The number of thioether (sulfide) groups is 1. The zero-order chi connectivity index (χ0) is 35.9. The molecule has 3 aromatic rings. The van der Waals surface area contributed by atoms with E-state index < -0.39 is 24.4 Å². The topological polar surface area (TPSA) is 77.4 Å². The normalized spacial score (nSPS) is 20.3. The van der Waals surface area contributed by atoms with Crippen LogP contribution in [-0.4, -0.2) is 99.4 Å². The van der Waals surface area contributed by atoms with Crippen LogP contribution in [0.4, 0.5) is 29.3 Å². The Labute approximate surface area is 296 Å². The molecular formula is C37H47F3N4O5S. The largest absolute Gasteiger partial charge is 0.491 e. The molecule has 0 radical (unpaired) electrons. The minimum absolute atomic E-state index is 0.111. The van der Waals surface area contributed by atoms with Gasteiger partial charge in [-0.1, -0.05) is 12.0 Å². The number of piperidine rings is 1. The van der Waals surface area contributed by atoms with E-state index in [1.54, 1.807) is 45.0 Å². The van der Waals surface area contributed by atoms with Gasteiger partial charge in [0.1, 0.15) is 24.5 Å². The molecular weight excluding hydrogens is 669 g/mol. The molecule has 3 heterocycles. The Bertz CT molecular complexity index is 1680. The predicted molar refractivity (Wildman–Crippen MR) is 191 cm³/mol. The molecule has 2 aliphatic heterocycles. The van der Waals surface area contributed by atoms with Crippen LogP contribution in [0.15, 0.2) is 47.4 Å². The van der Waals surface area contributed by atoms with Crippen LogP contribution < -0.4 is 15.0 Å². The molecule has 2 aliphatic rings. The van der Waals surface area contributed by atoms with Crippen molar-refractivity contribution in [1.82, 2.24) is 9.47 Å². The second-order valence-corrected chi connectivity index (χ2v) is 14.5. The number of carbonyl (C=O) groups is 1. The lowest BCUT2D eigenvalue weighted by molar-refractivity contribution is -0.140. The number of nitrogens with zero attached hydrogens (tertiary/aromatic N) is 3. The molecule has 9 nitrogen and oxygen atoms in total. The lowest BCUT2D eigenvalue weighted by atomic mass is 9.89. The van der Waals surface area contributed by atoms with Crippen LogP contribution in [0, 0.1) is 17.8 Å². The van der Waals surface area contributed by atoms with Crippen molar-refractivity contribution >= 4 is 40.1 Å². The highest BCUT2D eigenvalue weighted by Crippen LogP contribution is 2.33. The fraction of sp³-hybridized carbons (Fsp3) is 0.541. The van der Waals surface area contributed by atoms with Crippen molar-refractivity contribution in [2.24, 2.45) is 5.92 Å². The van der Waals surface area contributed by atoms with Gasteiger partial charge in [-0.2, -0.15) is 13.2 Å². The molecule has 1 aromatic heterocycles. The SMILES string of the molecule is CSc1cc2cc(c1)N(C(=O)OC(C)(C)C)CC#Cc1cc3c(cccc3n1CC(F)(F)F)NC1CCN(C)CC1CCOCCOCCO2. The molecule has 0 aliphatic carbocycles. The van der Waals surface area contributed by atoms with Crippen LogP contribution in [0.5, 0.6) is 5.75 Å². The van der Waals surface area contributed by atoms with E-state index in [1.807, 2.05) is 24.5 Å². The van der Waals surface area contributed by atoms with Crippen LogP contribution >= 0.6 is 11.8 Å². The second-order valence-electron chi connectivity index (χ2n) is 13.6. The van der Waals surface area contributed by atoms with Crippen LogP contribution in [0.1, 0.15) is 39.3 Å². The van der Waals surface area contributed by atoms with Gasteiger partial charge in [0.25, 0.3) is 0 Å². The van der Waals surface area contributed by atoms with Gasteiger partial charge in [-0.05, 0) is 95.6 Å². The van der Waals surface area contributed by atoms with E-state index in [9.17, 15) is 18.0 Å². The number of rotatable bonds is 2. The first-order valence-electron chi connectivity index (χ1n) is 16.9. The average Bonchev–Trinajstić information content (AvgIpc) is 3.38. The quantitative estimate of drug-likeness (QED) is 0.220.